The Morgan fingerprint density at radius 2 is 1.67 bits per heavy atom. The fourth-order valence-corrected chi connectivity index (χ4v) is 1.71. The minimum absolute atomic E-state index is 0.191. The summed E-state index contributed by atoms with van der Waals surface area (Å²) >= 11 is 0. The highest BCUT2D eigenvalue weighted by atomic mass is 16.5. The van der Waals surface area contributed by atoms with Crippen LogP contribution in [0.4, 0.5) is 0 Å². The molecule has 0 aromatic carbocycles. The van der Waals surface area contributed by atoms with E-state index < -0.39 is 0 Å². The smallest absolute Gasteiger partial charge is 0.225 e. The first-order valence-corrected chi connectivity index (χ1v) is 5.89. The molecular formula is C12H25NO2. The van der Waals surface area contributed by atoms with E-state index in [1.165, 1.54) is 0 Å². The Morgan fingerprint density at radius 1 is 1.13 bits per heavy atom. The molecular weight excluding hydrogens is 190 g/mol. The largest absolute Gasteiger partial charge is 0.381 e. The van der Waals surface area contributed by atoms with Gasteiger partial charge in [0.15, 0.2) is 0 Å². The van der Waals surface area contributed by atoms with E-state index in [-0.39, 0.29) is 18.0 Å². The molecule has 0 aromatic rings. The van der Waals surface area contributed by atoms with Gasteiger partial charge in [-0.2, -0.15) is 0 Å². The van der Waals surface area contributed by atoms with Crippen molar-refractivity contribution in [1.29, 1.82) is 0 Å². The van der Waals surface area contributed by atoms with Crippen LogP contribution in [0, 0.1) is 0 Å². The predicted octanol–water partition coefficient (Wildman–Crippen LogP) is 2.45. The normalized spacial score (nSPS) is 11.1. The minimum atomic E-state index is 0.191. The molecule has 0 rings (SSSR count). The van der Waals surface area contributed by atoms with Crippen molar-refractivity contribution in [2.24, 2.45) is 0 Å². The van der Waals surface area contributed by atoms with Crippen LogP contribution in [0.25, 0.3) is 0 Å². The Balaban J connectivity index is 3.93. The highest BCUT2D eigenvalue weighted by Crippen LogP contribution is 2.07. The monoisotopic (exact) mass is 215 g/mol. The molecule has 0 radical (unpaired) electrons. The maximum Gasteiger partial charge on any atom is 0.225 e. The number of nitrogens with zero attached hydrogens (tertiary/aromatic N) is 1. The molecule has 0 saturated carbocycles. The zero-order valence-corrected chi connectivity index (χ0v) is 10.7. The maximum absolute atomic E-state index is 11.8. The highest BCUT2D eigenvalue weighted by Gasteiger charge is 2.19. The molecule has 3 heteroatoms. The second kappa shape index (κ2) is 7.69. The van der Waals surface area contributed by atoms with Gasteiger partial charge in [-0.05, 0) is 34.1 Å². The van der Waals surface area contributed by atoms with E-state index in [1.807, 2.05) is 32.6 Å². The summed E-state index contributed by atoms with van der Waals surface area (Å²) in [6.45, 7) is 11.5. The van der Waals surface area contributed by atoms with Crippen molar-refractivity contribution in [1.82, 2.24) is 4.90 Å². The minimum Gasteiger partial charge on any atom is -0.381 e. The summed E-state index contributed by atoms with van der Waals surface area (Å²) in [4.78, 5) is 13.7. The first-order valence-electron chi connectivity index (χ1n) is 5.89. The average Bonchev–Trinajstić information content (AvgIpc) is 2.11. The Bertz CT molecular complexity index is 170. The van der Waals surface area contributed by atoms with Gasteiger partial charge >= 0.3 is 0 Å². The van der Waals surface area contributed by atoms with Gasteiger partial charge in [-0.25, -0.2) is 0 Å². The number of amides is 1. The van der Waals surface area contributed by atoms with Crippen LogP contribution in [0.15, 0.2) is 0 Å². The van der Waals surface area contributed by atoms with Gasteiger partial charge in [0.05, 0.1) is 13.0 Å². The van der Waals surface area contributed by atoms with Crippen molar-refractivity contribution in [3.05, 3.63) is 0 Å². The third-order valence-electron chi connectivity index (χ3n) is 2.21. The molecule has 0 bridgehead atoms. The molecule has 90 valence electrons. The van der Waals surface area contributed by atoms with Crippen LogP contribution in [0.3, 0.4) is 0 Å². The summed E-state index contributed by atoms with van der Waals surface area (Å²) in [7, 11) is 0. The first-order chi connectivity index (χ1) is 7.00. The molecule has 0 unspecified atom stereocenters. The Labute approximate surface area is 93.8 Å². The molecule has 0 aliphatic heterocycles. The summed E-state index contributed by atoms with van der Waals surface area (Å²) in [6, 6.07) is 0.535. The van der Waals surface area contributed by atoms with Gasteiger partial charge < -0.3 is 9.64 Å². The number of hydrogen-bond donors (Lipinski definition) is 0. The summed E-state index contributed by atoms with van der Waals surface area (Å²) in [5, 5.41) is 0. The number of ether oxygens (including phenoxy) is 1. The molecule has 0 aliphatic rings. The van der Waals surface area contributed by atoms with Gasteiger partial charge in [0.1, 0.15) is 0 Å². The van der Waals surface area contributed by atoms with Gasteiger partial charge in [0.2, 0.25) is 5.91 Å². The predicted molar refractivity (Wildman–Crippen MR) is 62.8 cm³/mol. The molecule has 0 N–H and O–H groups in total. The first kappa shape index (κ1) is 14.4. The van der Waals surface area contributed by atoms with E-state index in [0.29, 0.717) is 13.0 Å². The van der Waals surface area contributed by atoms with Gasteiger partial charge in [-0.1, -0.05) is 6.92 Å². The lowest BCUT2D eigenvalue weighted by Gasteiger charge is -2.30. The van der Waals surface area contributed by atoms with Crippen molar-refractivity contribution in [3.8, 4) is 0 Å². The number of carbonyl (C=O) groups is 1. The van der Waals surface area contributed by atoms with E-state index in [1.54, 1.807) is 0 Å². The molecule has 0 spiro atoms. The molecule has 0 fully saturated rings. The van der Waals surface area contributed by atoms with Crippen LogP contribution in [-0.2, 0) is 9.53 Å². The van der Waals surface area contributed by atoms with Crippen LogP contribution in [0.1, 0.15) is 47.5 Å². The highest BCUT2D eigenvalue weighted by molar-refractivity contribution is 5.76. The van der Waals surface area contributed by atoms with Crippen LogP contribution >= 0.6 is 0 Å². The third kappa shape index (κ3) is 5.78. The lowest BCUT2D eigenvalue weighted by molar-refractivity contribution is -0.135. The molecule has 0 saturated heterocycles. The van der Waals surface area contributed by atoms with E-state index in [9.17, 15) is 4.79 Å². The second-order valence-electron chi connectivity index (χ2n) is 4.35. The number of hydrogen-bond acceptors (Lipinski definition) is 2. The van der Waals surface area contributed by atoms with E-state index in [4.69, 9.17) is 4.74 Å². The average molecular weight is 215 g/mol. The lowest BCUT2D eigenvalue weighted by Crippen LogP contribution is -2.42. The van der Waals surface area contributed by atoms with Crippen molar-refractivity contribution < 1.29 is 9.53 Å². The summed E-state index contributed by atoms with van der Waals surface area (Å²) < 4.78 is 5.32. The van der Waals surface area contributed by atoms with Gasteiger partial charge in [0, 0.05) is 18.7 Å². The zero-order valence-electron chi connectivity index (χ0n) is 10.7. The maximum atomic E-state index is 11.8. The topological polar surface area (TPSA) is 29.5 Å². The molecule has 1 amide bonds. The SMILES string of the molecule is CCCOCCC(=O)N(C(C)C)C(C)C. The van der Waals surface area contributed by atoms with E-state index in [0.717, 1.165) is 13.0 Å². The zero-order chi connectivity index (χ0) is 11.8. The Hall–Kier alpha value is -0.570. The van der Waals surface area contributed by atoms with Crippen molar-refractivity contribution in [2.75, 3.05) is 13.2 Å². The van der Waals surface area contributed by atoms with Crippen molar-refractivity contribution in [2.45, 2.75) is 59.5 Å². The number of rotatable bonds is 7. The molecule has 0 atom stereocenters. The van der Waals surface area contributed by atoms with E-state index in [2.05, 4.69) is 6.92 Å². The van der Waals surface area contributed by atoms with Gasteiger partial charge in [0.25, 0.3) is 0 Å². The standard InChI is InChI=1S/C12H25NO2/c1-6-8-15-9-7-12(14)13(10(2)3)11(4)5/h10-11H,6-9H2,1-5H3. The fourth-order valence-electron chi connectivity index (χ4n) is 1.71. The molecule has 0 aliphatic carbocycles. The van der Waals surface area contributed by atoms with Crippen LogP contribution in [-0.4, -0.2) is 36.1 Å². The second-order valence-corrected chi connectivity index (χ2v) is 4.35. The summed E-state index contributed by atoms with van der Waals surface area (Å²) in [5.74, 6) is 0.191. The van der Waals surface area contributed by atoms with Gasteiger partial charge in [-0.3, -0.25) is 4.79 Å². The lowest BCUT2D eigenvalue weighted by atomic mass is 10.2. The summed E-state index contributed by atoms with van der Waals surface area (Å²) in [5.41, 5.74) is 0. The third-order valence-corrected chi connectivity index (χ3v) is 2.21. The molecule has 15 heavy (non-hydrogen) atoms. The Kier molecular flexibility index (Phi) is 7.39. The molecule has 0 aromatic heterocycles. The van der Waals surface area contributed by atoms with Crippen molar-refractivity contribution >= 4 is 5.91 Å². The molecule has 3 nitrogen and oxygen atoms in total. The van der Waals surface area contributed by atoms with E-state index >= 15 is 0 Å². The summed E-state index contributed by atoms with van der Waals surface area (Å²) in [6.07, 6.45) is 1.50. The quantitative estimate of drug-likeness (QED) is 0.610. The van der Waals surface area contributed by atoms with Crippen molar-refractivity contribution in [3.63, 3.8) is 0 Å². The van der Waals surface area contributed by atoms with Gasteiger partial charge in [-0.15, -0.1) is 0 Å². The molecule has 0 heterocycles. The van der Waals surface area contributed by atoms with Crippen LogP contribution in [0.5, 0.6) is 0 Å². The Morgan fingerprint density at radius 3 is 2.07 bits per heavy atom. The van der Waals surface area contributed by atoms with Crippen LogP contribution < -0.4 is 0 Å². The fraction of sp³-hybridized carbons (Fsp3) is 0.917. The van der Waals surface area contributed by atoms with Crippen LogP contribution in [0.2, 0.25) is 0 Å². The number of carbonyl (C=O) groups excluding carboxylic acids is 1.